The van der Waals surface area contributed by atoms with Gasteiger partial charge < -0.3 is 5.73 Å². The summed E-state index contributed by atoms with van der Waals surface area (Å²) in [7, 11) is 0. The molecule has 0 amide bonds. The van der Waals surface area contributed by atoms with Crippen LogP contribution in [0.2, 0.25) is 0 Å². The fourth-order valence-electron chi connectivity index (χ4n) is 2.54. The fraction of sp³-hybridized carbons (Fsp3) is 0.538. The smallest absolute Gasteiger partial charge is 0.194 e. The molecule has 19 heavy (non-hydrogen) atoms. The maximum Gasteiger partial charge on any atom is 0.194 e. The van der Waals surface area contributed by atoms with Crippen LogP contribution in [-0.4, -0.2) is 24.0 Å². The number of rotatable bonds is 3. The lowest BCUT2D eigenvalue weighted by Gasteiger charge is -2.21. The third kappa shape index (κ3) is 3.61. The van der Waals surface area contributed by atoms with Gasteiger partial charge in [-0.15, -0.1) is 12.4 Å². The van der Waals surface area contributed by atoms with Crippen molar-refractivity contribution in [2.24, 2.45) is 11.7 Å². The van der Waals surface area contributed by atoms with Crippen LogP contribution in [-0.2, 0) is 6.54 Å². The molecule has 2 rings (SSSR count). The molecule has 1 saturated heterocycles. The second kappa shape index (κ2) is 6.59. The first-order valence-electron chi connectivity index (χ1n) is 6.08. The number of hydrogen-bond acceptors (Lipinski definition) is 2. The van der Waals surface area contributed by atoms with Gasteiger partial charge in [-0.3, -0.25) is 4.90 Å². The highest BCUT2D eigenvalue weighted by molar-refractivity contribution is 5.85. The SMILES string of the molecule is CC1CC(CN)CN1Cc1cc(F)c(F)c(F)c1.Cl. The van der Waals surface area contributed by atoms with Crippen molar-refractivity contribution < 1.29 is 13.2 Å². The highest BCUT2D eigenvalue weighted by atomic mass is 35.5. The highest BCUT2D eigenvalue weighted by Gasteiger charge is 2.28. The van der Waals surface area contributed by atoms with E-state index >= 15 is 0 Å². The van der Waals surface area contributed by atoms with Crippen LogP contribution in [0.3, 0.4) is 0 Å². The van der Waals surface area contributed by atoms with Crippen LogP contribution in [0, 0.1) is 23.4 Å². The van der Waals surface area contributed by atoms with Crippen LogP contribution in [0.4, 0.5) is 13.2 Å². The van der Waals surface area contributed by atoms with E-state index < -0.39 is 17.5 Å². The predicted molar refractivity (Wildman–Crippen MR) is 70.6 cm³/mol. The molecule has 2 atom stereocenters. The summed E-state index contributed by atoms with van der Waals surface area (Å²) in [5, 5.41) is 0. The first-order chi connectivity index (χ1) is 8.51. The number of nitrogens with two attached hydrogens (primary N) is 1. The summed E-state index contributed by atoms with van der Waals surface area (Å²) < 4.78 is 39.0. The van der Waals surface area contributed by atoms with Gasteiger partial charge in [-0.1, -0.05) is 0 Å². The second-order valence-electron chi connectivity index (χ2n) is 4.99. The quantitative estimate of drug-likeness (QED) is 0.869. The Labute approximate surface area is 117 Å². The van der Waals surface area contributed by atoms with Crippen LogP contribution in [0.25, 0.3) is 0 Å². The molecule has 1 aliphatic rings. The van der Waals surface area contributed by atoms with E-state index in [9.17, 15) is 13.2 Å². The van der Waals surface area contributed by atoms with Crippen molar-refractivity contribution in [3.05, 3.63) is 35.1 Å². The molecule has 2 nitrogen and oxygen atoms in total. The Morgan fingerprint density at radius 1 is 1.26 bits per heavy atom. The van der Waals surface area contributed by atoms with Crippen molar-refractivity contribution in [2.75, 3.05) is 13.1 Å². The van der Waals surface area contributed by atoms with Crippen molar-refractivity contribution in [3.8, 4) is 0 Å². The van der Waals surface area contributed by atoms with Gasteiger partial charge in [0.25, 0.3) is 0 Å². The topological polar surface area (TPSA) is 29.3 Å². The molecule has 2 unspecified atom stereocenters. The number of benzene rings is 1. The molecule has 1 aliphatic heterocycles. The zero-order chi connectivity index (χ0) is 13.3. The van der Waals surface area contributed by atoms with E-state index in [0.29, 0.717) is 30.6 Å². The molecule has 0 spiro atoms. The molecular formula is C13H18ClF3N2. The summed E-state index contributed by atoms with van der Waals surface area (Å²) in [4.78, 5) is 2.11. The van der Waals surface area contributed by atoms with E-state index in [-0.39, 0.29) is 12.4 Å². The summed E-state index contributed by atoms with van der Waals surface area (Å²) >= 11 is 0. The number of nitrogens with zero attached hydrogens (tertiary/aromatic N) is 1. The van der Waals surface area contributed by atoms with Gasteiger partial charge in [-0.25, -0.2) is 13.2 Å². The van der Waals surface area contributed by atoms with Crippen LogP contribution in [0.1, 0.15) is 18.9 Å². The van der Waals surface area contributed by atoms with Gasteiger partial charge in [0, 0.05) is 19.1 Å². The Morgan fingerprint density at radius 3 is 2.32 bits per heavy atom. The predicted octanol–water partition coefficient (Wildman–Crippen LogP) is 2.69. The zero-order valence-corrected chi connectivity index (χ0v) is 11.5. The normalized spacial score (nSPS) is 23.4. The molecule has 1 aromatic carbocycles. The van der Waals surface area contributed by atoms with E-state index in [2.05, 4.69) is 11.8 Å². The molecule has 1 heterocycles. The van der Waals surface area contributed by atoms with Crippen LogP contribution >= 0.6 is 12.4 Å². The molecule has 0 saturated carbocycles. The Kier molecular flexibility index (Phi) is 5.64. The fourth-order valence-corrected chi connectivity index (χ4v) is 2.54. The van der Waals surface area contributed by atoms with E-state index in [1.165, 1.54) is 0 Å². The summed E-state index contributed by atoms with van der Waals surface area (Å²) in [5.74, 6) is -3.25. The van der Waals surface area contributed by atoms with Gasteiger partial charge in [-0.2, -0.15) is 0 Å². The third-order valence-electron chi connectivity index (χ3n) is 3.55. The summed E-state index contributed by atoms with van der Waals surface area (Å²) in [5.41, 5.74) is 6.08. The zero-order valence-electron chi connectivity index (χ0n) is 10.7. The van der Waals surface area contributed by atoms with Gasteiger partial charge in [0.1, 0.15) is 0 Å². The monoisotopic (exact) mass is 294 g/mol. The van der Waals surface area contributed by atoms with Crippen molar-refractivity contribution in [3.63, 3.8) is 0 Å². The maximum atomic E-state index is 13.1. The van der Waals surface area contributed by atoms with Crippen molar-refractivity contribution in [1.29, 1.82) is 0 Å². The van der Waals surface area contributed by atoms with Gasteiger partial charge >= 0.3 is 0 Å². The maximum absolute atomic E-state index is 13.1. The Balaban J connectivity index is 0.00000180. The molecule has 2 N–H and O–H groups in total. The minimum absolute atomic E-state index is 0. The Hall–Kier alpha value is -0.780. The molecule has 0 radical (unpaired) electrons. The average molecular weight is 295 g/mol. The second-order valence-corrected chi connectivity index (χ2v) is 4.99. The largest absolute Gasteiger partial charge is 0.330 e. The number of hydrogen-bond donors (Lipinski definition) is 1. The number of halogens is 4. The van der Waals surface area contributed by atoms with E-state index in [1.807, 2.05) is 0 Å². The number of likely N-dealkylation sites (tertiary alicyclic amines) is 1. The van der Waals surface area contributed by atoms with Crippen LogP contribution in [0.15, 0.2) is 12.1 Å². The lowest BCUT2D eigenvalue weighted by molar-refractivity contribution is 0.254. The van der Waals surface area contributed by atoms with Crippen molar-refractivity contribution in [1.82, 2.24) is 4.90 Å². The van der Waals surface area contributed by atoms with Crippen LogP contribution < -0.4 is 5.73 Å². The molecular weight excluding hydrogens is 277 g/mol. The molecule has 0 bridgehead atoms. The minimum atomic E-state index is -1.41. The Morgan fingerprint density at radius 2 is 1.84 bits per heavy atom. The Bertz CT molecular complexity index is 419. The first kappa shape index (κ1) is 16.3. The third-order valence-corrected chi connectivity index (χ3v) is 3.55. The van der Waals surface area contributed by atoms with E-state index in [1.54, 1.807) is 0 Å². The molecule has 108 valence electrons. The minimum Gasteiger partial charge on any atom is -0.330 e. The average Bonchev–Trinajstić information content (AvgIpc) is 2.67. The summed E-state index contributed by atoms with van der Waals surface area (Å²) in [6.45, 7) is 3.92. The molecule has 1 fully saturated rings. The standard InChI is InChI=1S/C13H17F3N2.ClH/c1-8-2-10(5-17)7-18(8)6-9-3-11(14)13(16)12(15)4-9;/h3-4,8,10H,2,5-7,17H2,1H3;1H. The van der Waals surface area contributed by atoms with Gasteiger partial charge in [0.05, 0.1) is 0 Å². The van der Waals surface area contributed by atoms with Gasteiger partial charge in [-0.05, 0) is 43.5 Å². The van der Waals surface area contributed by atoms with E-state index in [0.717, 1.165) is 25.1 Å². The van der Waals surface area contributed by atoms with Crippen molar-refractivity contribution in [2.45, 2.75) is 25.9 Å². The first-order valence-corrected chi connectivity index (χ1v) is 6.08. The highest BCUT2D eigenvalue weighted by Crippen LogP contribution is 2.25. The molecule has 1 aromatic rings. The lowest BCUT2D eigenvalue weighted by atomic mass is 10.1. The molecule has 0 aliphatic carbocycles. The van der Waals surface area contributed by atoms with Crippen molar-refractivity contribution >= 4 is 12.4 Å². The molecule has 6 heteroatoms. The van der Waals surface area contributed by atoms with Crippen LogP contribution in [0.5, 0.6) is 0 Å². The van der Waals surface area contributed by atoms with E-state index in [4.69, 9.17) is 5.73 Å². The van der Waals surface area contributed by atoms with Gasteiger partial charge in [0.2, 0.25) is 0 Å². The lowest BCUT2D eigenvalue weighted by Crippen LogP contribution is -2.27. The molecule has 0 aromatic heterocycles. The summed E-state index contributed by atoms with van der Waals surface area (Å²) in [6.07, 6.45) is 0.989. The van der Waals surface area contributed by atoms with Gasteiger partial charge in [0.15, 0.2) is 17.5 Å². The summed E-state index contributed by atoms with van der Waals surface area (Å²) in [6, 6.07) is 2.44.